The highest BCUT2D eigenvalue weighted by atomic mass is 32.2. The minimum Gasteiger partial charge on any atom is -0.245 e. The number of sulfonamides is 1. The number of nitrogens with one attached hydrogen (secondary N) is 1. The number of thioether (sulfide) groups is 1. The normalized spacial score (nSPS) is 12.1. The first-order chi connectivity index (χ1) is 8.51. The van der Waals surface area contributed by atoms with Crippen molar-refractivity contribution in [3.63, 3.8) is 0 Å². The smallest absolute Gasteiger partial charge is 0.245 e. The number of hydrogen-bond acceptors (Lipinski definition) is 7. The van der Waals surface area contributed by atoms with E-state index in [1.807, 2.05) is 6.26 Å². The number of fused-ring (bicyclic) bond motifs is 1. The number of hydrogen-bond donors (Lipinski definition) is 1. The molecule has 0 saturated heterocycles. The molecule has 0 aromatic carbocycles. The van der Waals surface area contributed by atoms with Gasteiger partial charge in [-0.1, -0.05) is 5.21 Å². The third-order valence-electron chi connectivity index (χ3n) is 2.16. The van der Waals surface area contributed by atoms with Crippen LogP contribution in [0.5, 0.6) is 0 Å². The van der Waals surface area contributed by atoms with E-state index in [4.69, 9.17) is 0 Å². The lowest BCUT2D eigenvalue weighted by Gasteiger charge is -2.01. The highest BCUT2D eigenvalue weighted by molar-refractivity contribution is 7.97. The Morgan fingerprint density at radius 3 is 2.83 bits per heavy atom. The molecule has 0 fully saturated rings. The van der Waals surface area contributed by atoms with Gasteiger partial charge in [-0.15, -0.1) is 16.9 Å². The van der Waals surface area contributed by atoms with E-state index in [0.717, 1.165) is 15.4 Å². The number of rotatable bonds is 4. The zero-order valence-corrected chi connectivity index (χ0v) is 11.2. The summed E-state index contributed by atoms with van der Waals surface area (Å²) in [5.74, 6) is 0.327. The molecule has 11 heteroatoms. The predicted molar refractivity (Wildman–Crippen MR) is 64.8 cm³/mol. The summed E-state index contributed by atoms with van der Waals surface area (Å²) in [5, 5.41) is 7.06. The third kappa shape index (κ3) is 2.00. The van der Waals surface area contributed by atoms with Gasteiger partial charge in [-0.3, -0.25) is 0 Å². The highest BCUT2D eigenvalue weighted by Crippen LogP contribution is 2.09. The van der Waals surface area contributed by atoms with Crippen LogP contribution in [0.2, 0.25) is 0 Å². The van der Waals surface area contributed by atoms with Crippen LogP contribution in [0.1, 0.15) is 0 Å². The highest BCUT2D eigenvalue weighted by Gasteiger charge is 2.21. The Morgan fingerprint density at radius 2 is 2.22 bits per heavy atom. The van der Waals surface area contributed by atoms with E-state index in [0.29, 0.717) is 5.88 Å². The zero-order chi connectivity index (χ0) is 13.3. The summed E-state index contributed by atoms with van der Waals surface area (Å²) in [4.78, 5) is 15.6. The van der Waals surface area contributed by atoms with E-state index in [1.54, 1.807) is 0 Å². The van der Waals surface area contributed by atoms with Crippen molar-refractivity contribution in [1.29, 1.82) is 0 Å². The van der Waals surface area contributed by atoms with Gasteiger partial charge >= 0.3 is 5.69 Å². The van der Waals surface area contributed by atoms with Crippen LogP contribution >= 0.6 is 11.8 Å². The van der Waals surface area contributed by atoms with Gasteiger partial charge in [0.1, 0.15) is 6.33 Å². The van der Waals surface area contributed by atoms with Gasteiger partial charge in [0.15, 0.2) is 0 Å². The van der Waals surface area contributed by atoms with Crippen molar-refractivity contribution < 1.29 is 8.42 Å². The molecular formula is C7H10N6O3S2. The quantitative estimate of drug-likeness (QED) is 0.730. The van der Waals surface area contributed by atoms with Crippen LogP contribution in [-0.2, 0) is 15.9 Å². The van der Waals surface area contributed by atoms with Gasteiger partial charge in [-0.2, -0.15) is 4.68 Å². The van der Waals surface area contributed by atoms with E-state index in [2.05, 4.69) is 20.0 Å². The molecule has 0 amide bonds. The molecule has 0 unspecified atom stereocenters. The Kier molecular flexibility index (Phi) is 3.36. The molecule has 2 heterocycles. The van der Waals surface area contributed by atoms with Crippen LogP contribution < -0.4 is 10.4 Å². The van der Waals surface area contributed by atoms with Crippen molar-refractivity contribution in [3.8, 4) is 0 Å². The molecule has 2 aromatic heterocycles. The Morgan fingerprint density at radius 1 is 1.50 bits per heavy atom. The Bertz CT molecular complexity index is 733. The summed E-state index contributed by atoms with van der Waals surface area (Å²) in [6.07, 6.45) is 2.93. The molecule has 0 spiro atoms. The van der Waals surface area contributed by atoms with Crippen LogP contribution in [-0.4, -0.2) is 46.1 Å². The maximum atomic E-state index is 11.9. The van der Waals surface area contributed by atoms with Crippen molar-refractivity contribution in [3.05, 3.63) is 16.8 Å². The van der Waals surface area contributed by atoms with E-state index in [-0.39, 0.29) is 10.7 Å². The molecule has 2 aromatic rings. The van der Waals surface area contributed by atoms with Crippen molar-refractivity contribution in [2.75, 3.05) is 13.3 Å². The maximum Gasteiger partial charge on any atom is 0.353 e. The van der Waals surface area contributed by atoms with Crippen molar-refractivity contribution in [2.24, 2.45) is 0 Å². The fraction of sp³-hybridized carbons (Fsp3) is 0.429. The van der Waals surface area contributed by atoms with Crippen LogP contribution in [0.4, 0.5) is 0 Å². The molecule has 0 aliphatic rings. The fourth-order valence-electron chi connectivity index (χ4n) is 1.31. The summed E-state index contributed by atoms with van der Waals surface area (Å²) in [5.41, 5.74) is -0.578. The SMILES string of the molecule is CNS(=O)(=O)c1ncn2c(=O)n(CSC)nnc12. The molecule has 0 aliphatic carbocycles. The average Bonchev–Trinajstić information content (AvgIpc) is 2.78. The summed E-state index contributed by atoms with van der Waals surface area (Å²) in [7, 11) is -2.51. The van der Waals surface area contributed by atoms with Gasteiger partial charge < -0.3 is 0 Å². The van der Waals surface area contributed by atoms with Gasteiger partial charge in [-0.05, 0) is 13.3 Å². The zero-order valence-electron chi connectivity index (χ0n) is 9.56. The van der Waals surface area contributed by atoms with Gasteiger partial charge in [-0.25, -0.2) is 27.3 Å². The summed E-state index contributed by atoms with van der Waals surface area (Å²) in [6, 6.07) is 0. The van der Waals surface area contributed by atoms with Gasteiger partial charge in [0.05, 0.1) is 5.88 Å². The second kappa shape index (κ2) is 4.66. The van der Waals surface area contributed by atoms with Gasteiger partial charge in [0, 0.05) is 0 Å². The Balaban J connectivity index is 2.71. The second-order valence-corrected chi connectivity index (χ2v) is 5.88. The monoisotopic (exact) mass is 290 g/mol. The molecule has 18 heavy (non-hydrogen) atoms. The first kappa shape index (κ1) is 13.0. The maximum absolute atomic E-state index is 11.9. The van der Waals surface area contributed by atoms with Crippen molar-refractivity contribution in [2.45, 2.75) is 10.9 Å². The largest absolute Gasteiger partial charge is 0.353 e. The van der Waals surface area contributed by atoms with Crippen LogP contribution in [0, 0.1) is 0 Å². The first-order valence-electron chi connectivity index (χ1n) is 4.74. The van der Waals surface area contributed by atoms with Crippen LogP contribution in [0.25, 0.3) is 5.65 Å². The molecule has 2 rings (SSSR count). The lowest BCUT2D eigenvalue weighted by molar-refractivity contribution is 0.582. The third-order valence-corrected chi connectivity index (χ3v) is 4.00. The Hall–Kier alpha value is -1.46. The predicted octanol–water partition coefficient (Wildman–Crippen LogP) is -1.49. The Labute approximate surface area is 106 Å². The molecule has 0 radical (unpaired) electrons. The summed E-state index contributed by atoms with van der Waals surface area (Å²) in [6.45, 7) is 0. The van der Waals surface area contributed by atoms with Gasteiger partial charge in [0.2, 0.25) is 10.7 Å². The summed E-state index contributed by atoms with van der Waals surface area (Å²) >= 11 is 1.39. The van der Waals surface area contributed by atoms with Crippen LogP contribution in [0.3, 0.4) is 0 Å². The van der Waals surface area contributed by atoms with E-state index < -0.39 is 15.7 Å². The first-order valence-corrected chi connectivity index (χ1v) is 7.62. The lowest BCUT2D eigenvalue weighted by Crippen LogP contribution is -2.29. The fourth-order valence-corrected chi connectivity index (χ4v) is 2.47. The molecule has 0 saturated carbocycles. The van der Waals surface area contributed by atoms with E-state index in [1.165, 1.54) is 18.8 Å². The summed E-state index contributed by atoms with van der Waals surface area (Å²) < 4.78 is 27.5. The number of aromatic nitrogens is 5. The number of nitrogens with zero attached hydrogens (tertiary/aromatic N) is 5. The van der Waals surface area contributed by atoms with Crippen molar-refractivity contribution in [1.82, 2.24) is 29.1 Å². The van der Waals surface area contributed by atoms with Crippen LogP contribution in [0.15, 0.2) is 16.1 Å². The molecule has 1 N–H and O–H groups in total. The molecule has 9 nitrogen and oxygen atoms in total. The minimum absolute atomic E-state index is 0.0910. The average molecular weight is 290 g/mol. The molecule has 0 bridgehead atoms. The van der Waals surface area contributed by atoms with Crippen molar-refractivity contribution >= 4 is 27.4 Å². The van der Waals surface area contributed by atoms with Gasteiger partial charge in [0.25, 0.3) is 10.0 Å². The standard InChI is InChI=1S/C7H10N6O3S2/c1-8-18(15,16)6-5-10-11-13(4-17-2)7(14)12(5)3-9-6/h3,8H,4H2,1-2H3. The molecular weight excluding hydrogens is 280 g/mol. The molecule has 0 atom stereocenters. The minimum atomic E-state index is -3.76. The molecule has 0 aliphatic heterocycles. The number of imidazole rings is 1. The van der Waals surface area contributed by atoms with E-state index in [9.17, 15) is 13.2 Å². The second-order valence-electron chi connectivity index (χ2n) is 3.24. The topological polar surface area (TPSA) is 111 Å². The lowest BCUT2D eigenvalue weighted by atomic mass is 10.8. The molecule has 98 valence electrons. The van der Waals surface area contributed by atoms with E-state index >= 15 is 0 Å².